The van der Waals surface area contributed by atoms with Crippen LogP contribution in [0.25, 0.3) is 0 Å². The number of allylic oxidation sites excluding steroid dienone is 2. The van der Waals surface area contributed by atoms with Gasteiger partial charge in [-0.15, -0.1) is 0 Å². The van der Waals surface area contributed by atoms with Crippen LogP contribution in [0.4, 0.5) is 0 Å². The van der Waals surface area contributed by atoms with Gasteiger partial charge >= 0.3 is 11.9 Å². The van der Waals surface area contributed by atoms with Crippen LogP contribution in [0.1, 0.15) is 360 Å². The molecule has 0 aromatic rings. The molecule has 426 valence electrons. The van der Waals surface area contributed by atoms with Crippen LogP contribution in [0.15, 0.2) is 12.2 Å². The van der Waals surface area contributed by atoms with Crippen molar-refractivity contribution in [1.29, 1.82) is 0 Å². The van der Waals surface area contributed by atoms with Crippen LogP contribution >= 0.6 is 0 Å². The minimum absolute atomic E-state index is 0.00360. The van der Waals surface area contributed by atoms with Gasteiger partial charge in [0.25, 0.3) is 0 Å². The van der Waals surface area contributed by atoms with Crippen molar-refractivity contribution in [3.8, 4) is 0 Å². The molecular weight excluding hydrogens is 889 g/mol. The fraction of sp³-hybridized carbons (Fsp3) is 0.939. The number of hydrogen-bond donors (Lipinski definition) is 2. The van der Waals surface area contributed by atoms with Crippen molar-refractivity contribution in [2.45, 2.75) is 360 Å². The first-order valence-electron chi connectivity index (χ1n) is 32.8. The molecule has 6 heteroatoms. The fourth-order valence-electron chi connectivity index (χ4n) is 10.9. The highest BCUT2D eigenvalue weighted by molar-refractivity contribution is 5.80. The third kappa shape index (κ3) is 47.1. The lowest BCUT2D eigenvalue weighted by atomic mass is 9.92. The third-order valence-electron chi connectivity index (χ3n) is 16.3. The molecule has 0 spiro atoms. The molecule has 1 atom stereocenters. The fourth-order valence-corrected chi connectivity index (χ4v) is 10.9. The molecule has 0 aromatic heterocycles. The first kappa shape index (κ1) is 68.6. The van der Waals surface area contributed by atoms with Gasteiger partial charge in [0.1, 0.15) is 13.2 Å². The van der Waals surface area contributed by atoms with E-state index < -0.39 is 36.5 Å². The molecule has 2 N–H and O–H groups in total. The lowest BCUT2D eigenvalue weighted by molar-refractivity contribution is -0.155. The summed E-state index contributed by atoms with van der Waals surface area (Å²) in [4.78, 5) is 24.7. The predicted molar refractivity (Wildman–Crippen MR) is 311 cm³/mol. The van der Waals surface area contributed by atoms with Gasteiger partial charge in [0.15, 0.2) is 0 Å². The van der Waals surface area contributed by atoms with E-state index in [1.807, 2.05) is 0 Å². The van der Waals surface area contributed by atoms with Crippen molar-refractivity contribution in [1.82, 2.24) is 0 Å². The number of cyclic esters (lactones) is 2. The van der Waals surface area contributed by atoms with Crippen molar-refractivity contribution < 1.29 is 29.3 Å². The van der Waals surface area contributed by atoms with E-state index in [-0.39, 0.29) is 19.6 Å². The summed E-state index contributed by atoms with van der Waals surface area (Å²) in [6, 6.07) is 0. The SMILES string of the molecule is CCCCCCCCCCCCCCCCCCCCCCCCCCCCCCCCCCCC/C=C/CCCCCCCCCCCCCCCCCCCC1CC(=O)OCC(CO)(CO)COC1=O. The molecule has 0 bridgehead atoms. The second kappa shape index (κ2) is 55.8. The number of ether oxygens (including phenoxy) is 2. The Labute approximate surface area is 449 Å². The second-order valence-electron chi connectivity index (χ2n) is 23.5. The number of aliphatic hydroxyl groups excluding tert-OH is 2. The smallest absolute Gasteiger partial charge is 0.309 e. The van der Waals surface area contributed by atoms with Gasteiger partial charge in [-0.2, -0.15) is 0 Å². The molecule has 1 fully saturated rings. The van der Waals surface area contributed by atoms with E-state index in [9.17, 15) is 19.8 Å². The number of aliphatic hydroxyl groups is 2. The topological polar surface area (TPSA) is 93.1 Å². The molecule has 0 radical (unpaired) electrons. The molecular formula is C66H126O6. The van der Waals surface area contributed by atoms with E-state index in [1.54, 1.807) is 0 Å². The van der Waals surface area contributed by atoms with Gasteiger partial charge in [-0.3, -0.25) is 9.59 Å². The van der Waals surface area contributed by atoms with Gasteiger partial charge in [0, 0.05) is 0 Å². The molecule has 1 saturated heterocycles. The summed E-state index contributed by atoms with van der Waals surface area (Å²) < 4.78 is 10.6. The predicted octanol–water partition coefficient (Wildman–Crippen LogP) is 20.7. The molecule has 72 heavy (non-hydrogen) atoms. The summed E-state index contributed by atoms with van der Waals surface area (Å²) in [7, 11) is 0. The Bertz CT molecular complexity index is 1130. The summed E-state index contributed by atoms with van der Waals surface area (Å²) in [5.74, 6) is -1.40. The average Bonchev–Trinajstić information content (AvgIpc) is 3.45. The summed E-state index contributed by atoms with van der Waals surface area (Å²) in [5, 5.41) is 19.2. The van der Waals surface area contributed by atoms with Crippen LogP contribution in [-0.4, -0.2) is 48.6 Å². The van der Waals surface area contributed by atoms with Gasteiger partial charge in [-0.25, -0.2) is 0 Å². The van der Waals surface area contributed by atoms with Gasteiger partial charge in [0.2, 0.25) is 0 Å². The van der Waals surface area contributed by atoms with Crippen LogP contribution in [0.3, 0.4) is 0 Å². The number of rotatable bonds is 57. The molecule has 1 rings (SSSR count). The third-order valence-corrected chi connectivity index (χ3v) is 16.3. The quantitative estimate of drug-likeness (QED) is 0.0358. The summed E-state index contributed by atoms with van der Waals surface area (Å²) in [5.41, 5.74) is -1.12. The van der Waals surface area contributed by atoms with Crippen molar-refractivity contribution in [2.75, 3.05) is 26.4 Å². The maximum Gasteiger partial charge on any atom is 0.309 e. The Balaban J connectivity index is 1.68. The zero-order chi connectivity index (χ0) is 51.8. The van der Waals surface area contributed by atoms with E-state index in [0.717, 1.165) is 19.3 Å². The average molecular weight is 1020 g/mol. The number of carbonyl (C=O) groups excluding carboxylic acids is 2. The summed E-state index contributed by atoms with van der Waals surface area (Å²) in [6.45, 7) is 1.21. The Morgan fingerprint density at radius 1 is 0.361 bits per heavy atom. The van der Waals surface area contributed by atoms with Gasteiger partial charge in [-0.1, -0.05) is 334 Å². The molecule has 1 heterocycles. The highest BCUT2D eigenvalue weighted by Crippen LogP contribution is 2.25. The highest BCUT2D eigenvalue weighted by atomic mass is 16.6. The van der Waals surface area contributed by atoms with Gasteiger partial charge in [0.05, 0.1) is 31.0 Å². The largest absolute Gasteiger partial charge is 0.465 e. The van der Waals surface area contributed by atoms with Crippen molar-refractivity contribution in [3.63, 3.8) is 0 Å². The minimum Gasteiger partial charge on any atom is -0.465 e. The van der Waals surface area contributed by atoms with Gasteiger partial charge in [-0.05, 0) is 32.1 Å². The number of carbonyl (C=O) groups is 2. The van der Waals surface area contributed by atoms with Crippen LogP contribution in [-0.2, 0) is 19.1 Å². The number of unbranched alkanes of at least 4 members (excludes halogenated alkanes) is 51. The van der Waals surface area contributed by atoms with Gasteiger partial charge < -0.3 is 19.7 Å². The molecule has 1 unspecified atom stereocenters. The second-order valence-corrected chi connectivity index (χ2v) is 23.5. The van der Waals surface area contributed by atoms with E-state index >= 15 is 0 Å². The van der Waals surface area contributed by atoms with Crippen LogP contribution in [0, 0.1) is 11.3 Å². The lowest BCUT2D eigenvalue weighted by Crippen LogP contribution is -2.40. The van der Waals surface area contributed by atoms with Crippen LogP contribution in [0.2, 0.25) is 0 Å². The minimum atomic E-state index is -1.12. The standard InChI is InChI=1S/C66H126O6/c1-2-3-4-5-6-7-8-9-10-11-12-13-14-15-16-17-18-19-20-21-22-23-24-25-26-27-28-29-30-31-32-33-34-35-36-37-38-39-40-41-42-43-44-45-46-47-48-49-50-51-52-53-54-55-56-57-63-58-64(69)71-61-66(59-67,60-68)62-72-65(63)70/h37-38,63,67-68H,2-36,39-62H2,1H3/b38-37+. The zero-order valence-corrected chi connectivity index (χ0v) is 48.5. The van der Waals surface area contributed by atoms with E-state index in [2.05, 4.69) is 19.1 Å². The van der Waals surface area contributed by atoms with E-state index in [1.165, 1.54) is 321 Å². The maximum absolute atomic E-state index is 12.5. The van der Waals surface area contributed by atoms with Crippen molar-refractivity contribution in [2.24, 2.45) is 11.3 Å². The summed E-state index contributed by atoms with van der Waals surface area (Å²) in [6.07, 6.45) is 80.2. The Morgan fingerprint density at radius 2 is 0.597 bits per heavy atom. The van der Waals surface area contributed by atoms with Crippen molar-refractivity contribution >= 4 is 11.9 Å². The molecule has 0 aliphatic carbocycles. The Hall–Kier alpha value is -1.40. The number of hydrogen-bond acceptors (Lipinski definition) is 6. The van der Waals surface area contributed by atoms with E-state index in [0.29, 0.717) is 6.42 Å². The normalized spacial score (nSPS) is 15.2. The van der Waals surface area contributed by atoms with Crippen LogP contribution < -0.4 is 0 Å². The molecule has 0 amide bonds. The molecule has 6 nitrogen and oxygen atoms in total. The monoisotopic (exact) mass is 1010 g/mol. The van der Waals surface area contributed by atoms with Crippen molar-refractivity contribution in [3.05, 3.63) is 12.2 Å². The first-order chi connectivity index (χ1) is 35.6. The molecule has 1 aliphatic heterocycles. The lowest BCUT2D eigenvalue weighted by Gasteiger charge is -2.27. The molecule has 0 saturated carbocycles. The summed E-state index contributed by atoms with van der Waals surface area (Å²) >= 11 is 0. The van der Waals surface area contributed by atoms with Crippen LogP contribution in [0.5, 0.6) is 0 Å². The number of esters is 2. The maximum atomic E-state index is 12.5. The highest BCUT2D eigenvalue weighted by Gasteiger charge is 2.36. The Kier molecular flexibility index (Phi) is 53.2. The first-order valence-corrected chi connectivity index (χ1v) is 32.8. The molecule has 1 aliphatic rings. The Morgan fingerprint density at radius 3 is 0.861 bits per heavy atom. The molecule has 0 aromatic carbocycles. The van der Waals surface area contributed by atoms with E-state index in [4.69, 9.17) is 9.47 Å². The zero-order valence-electron chi connectivity index (χ0n) is 48.5.